The Hall–Kier alpha value is -3.04. The van der Waals surface area contributed by atoms with Crippen molar-refractivity contribution in [2.45, 2.75) is 20.4 Å². The first-order valence-corrected chi connectivity index (χ1v) is 10.5. The molecule has 8 nitrogen and oxygen atoms in total. The van der Waals surface area contributed by atoms with Crippen LogP contribution < -0.4 is 10.9 Å². The van der Waals surface area contributed by atoms with Crippen molar-refractivity contribution in [2.24, 2.45) is 0 Å². The summed E-state index contributed by atoms with van der Waals surface area (Å²) in [6.07, 6.45) is 1.38. The van der Waals surface area contributed by atoms with E-state index in [1.54, 1.807) is 11.8 Å². The minimum absolute atomic E-state index is 0.0815. The monoisotopic (exact) mass is 426 g/mol. The predicted octanol–water partition coefficient (Wildman–Crippen LogP) is 2.19. The van der Waals surface area contributed by atoms with E-state index in [-0.39, 0.29) is 23.9 Å². The van der Waals surface area contributed by atoms with E-state index in [9.17, 15) is 14.4 Å². The van der Waals surface area contributed by atoms with Crippen LogP contribution >= 0.6 is 11.3 Å². The zero-order chi connectivity index (χ0) is 21.3. The van der Waals surface area contributed by atoms with Gasteiger partial charge in [0.15, 0.2) is 0 Å². The van der Waals surface area contributed by atoms with E-state index in [0.29, 0.717) is 47.0 Å². The van der Waals surface area contributed by atoms with Crippen LogP contribution in [0, 0.1) is 13.8 Å². The molecule has 30 heavy (non-hydrogen) atoms. The number of amides is 2. The number of benzene rings is 1. The number of rotatable bonds is 4. The molecule has 1 N–H and O–H groups in total. The Morgan fingerprint density at radius 1 is 1.20 bits per heavy atom. The molecule has 1 fully saturated rings. The SMILES string of the molecule is Cc1ccccc1NC(=O)c1sc2ncn(CC(=O)N3CCOCC3)c(=O)c2c1C. The maximum atomic E-state index is 13.0. The second kappa shape index (κ2) is 8.37. The van der Waals surface area contributed by atoms with Gasteiger partial charge in [0.05, 0.1) is 29.8 Å². The molecule has 0 aliphatic carbocycles. The first-order valence-electron chi connectivity index (χ1n) is 9.66. The number of carbonyl (C=O) groups is 2. The van der Waals surface area contributed by atoms with Crippen molar-refractivity contribution < 1.29 is 14.3 Å². The van der Waals surface area contributed by atoms with Crippen molar-refractivity contribution >= 4 is 39.1 Å². The van der Waals surface area contributed by atoms with E-state index in [1.807, 2.05) is 31.2 Å². The number of aryl methyl sites for hydroxylation is 2. The van der Waals surface area contributed by atoms with Crippen molar-refractivity contribution in [1.29, 1.82) is 0 Å². The highest BCUT2D eigenvalue weighted by Crippen LogP contribution is 2.28. The van der Waals surface area contributed by atoms with Crippen LogP contribution in [0.5, 0.6) is 0 Å². The van der Waals surface area contributed by atoms with Crippen molar-refractivity contribution in [2.75, 3.05) is 31.6 Å². The Bertz CT molecular complexity index is 1180. The summed E-state index contributed by atoms with van der Waals surface area (Å²) in [7, 11) is 0. The van der Waals surface area contributed by atoms with Gasteiger partial charge in [-0.3, -0.25) is 19.0 Å². The molecular weight excluding hydrogens is 404 g/mol. The van der Waals surface area contributed by atoms with Gasteiger partial charge in [0.1, 0.15) is 11.4 Å². The minimum Gasteiger partial charge on any atom is -0.378 e. The van der Waals surface area contributed by atoms with Gasteiger partial charge in [0.25, 0.3) is 11.5 Å². The molecule has 2 amide bonds. The summed E-state index contributed by atoms with van der Waals surface area (Å²) in [6.45, 7) is 5.61. The van der Waals surface area contributed by atoms with Gasteiger partial charge in [-0.2, -0.15) is 0 Å². The lowest BCUT2D eigenvalue weighted by molar-refractivity contribution is -0.135. The summed E-state index contributed by atoms with van der Waals surface area (Å²) in [5, 5.41) is 3.28. The third-order valence-electron chi connectivity index (χ3n) is 5.19. The molecule has 0 saturated carbocycles. The molecule has 1 aliphatic rings. The summed E-state index contributed by atoms with van der Waals surface area (Å²) in [5.74, 6) is -0.424. The normalized spacial score (nSPS) is 14.1. The summed E-state index contributed by atoms with van der Waals surface area (Å²) in [6, 6.07) is 7.50. The molecule has 0 atom stereocenters. The maximum absolute atomic E-state index is 13.0. The lowest BCUT2D eigenvalue weighted by Gasteiger charge is -2.26. The third kappa shape index (κ3) is 3.86. The number of para-hydroxylation sites is 1. The van der Waals surface area contributed by atoms with Crippen LogP contribution in [-0.2, 0) is 16.1 Å². The number of thiophene rings is 1. The number of carbonyl (C=O) groups excluding carboxylic acids is 2. The molecule has 1 saturated heterocycles. The van der Waals surface area contributed by atoms with Crippen molar-refractivity contribution in [1.82, 2.24) is 14.5 Å². The number of morpholine rings is 1. The predicted molar refractivity (Wildman–Crippen MR) is 115 cm³/mol. The maximum Gasteiger partial charge on any atom is 0.266 e. The fourth-order valence-corrected chi connectivity index (χ4v) is 4.47. The van der Waals surface area contributed by atoms with Crippen molar-refractivity contribution in [3.05, 3.63) is 57.0 Å². The van der Waals surface area contributed by atoms with Crippen molar-refractivity contribution in [3.63, 3.8) is 0 Å². The lowest BCUT2D eigenvalue weighted by Crippen LogP contribution is -2.43. The van der Waals surface area contributed by atoms with Gasteiger partial charge in [0.2, 0.25) is 5.91 Å². The smallest absolute Gasteiger partial charge is 0.266 e. The molecule has 1 aliphatic heterocycles. The first kappa shape index (κ1) is 20.2. The van der Waals surface area contributed by atoms with Gasteiger partial charge >= 0.3 is 0 Å². The fraction of sp³-hybridized carbons (Fsp3) is 0.333. The molecule has 3 aromatic rings. The molecule has 1 aromatic carbocycles. The number of hydrogen-bond acceptors (Lipinski definition) is 6. The number of aromatic nitrogens is 2. The highest BCUT2D eigenvalue weighted by atomic mass is 32.1. The van der Waals surface area contributed by atoms with Crippen LogP contribution in [0.3, 0.4) is 0 Å². The Morgan fingerprint density at radius 3 is 2.67 bits per heavy atom. The van der Waals surface area contributed by atoms with Crippen LogP contribution in [0.2, 0.25) is 0 Å². The molecule has 0 unspecified atom stereocenters. The van der Waals surface area contributed by atoms with Gasteiger partial charge in [0, 0.05) is 18.8 Å². The number of fused-ring (bicyclic) bond motifs is 1. The van der Waals surface area contributed by atoms with E-state index in [4.69, 9.17) is 4.74 Å². The summed E-state index contributed by atoms with van der Waals surface area (Å²) >= 11 is 1.18. The van der Waals surface area contributed by atoms with Crippen LogP contribution in [0.4, 0.5) is 5.69 Å². The van der Waals surface area contributed by atoms with E-state index in [0.717, 1.165) is 11.3 Å². The Morgan fingerprint density at radius 2 is 1.93 bits per heavy atom. The van der Waals surface area contributed by atoms with Crippen LogP contribution in [-0.4, -0.2) is 52.6 Å². The van der Waals surface area contributed by atoms with Crippen molar-refractivity contribution in [3.8, 4) is 0 Å². The average Bonchev–Trinajstić information content (AvgIpc) is 3.09. The van der Waals surface area contributed by atoms with Crippen LogP contribution in [0.1, 0.15) is 20.8 Å². The van der Waals surface area contributed by atoms with E-state index >= 15 is 0 Å². The summed E-state index contributed by atoms with van der Waals surface area (Å²) in [5.41, 5.74) is 1.93. The molecular formula is C21H22N4O4S. The molecule has 9 heteroatoms. The van der Waals surface area contributed by atoms with E-state index in [2.05, 4.69) is 10.3 Å². The number of hydrogen-bond donors (Lipinski definition) is 1. The zero-order valence-electron chi connectivity index (χ0n) is 16.8. The largest absolute Gasteiger partial charge is 0.378 e. The molecule has 0 radical (unpaired) electrons. The summed E-state index contributed by atoms with van der Waals surface area (Å²) in [4.78, 5) is 45.3. The molecule has 4 rings (SSSR count). The van der Waals surface area contributed by atoms with E-state index < -0.39 is 0 Å². The quantitative estimate of drug-likeness (QED) is 0.690. The number of ether oxygens (including phenoxy) is 1. The second-order valence-electron chi connectivity index (χ2n) is 7.18. The molecule has 0 bridgehead atoms. The average molecular weight is 426 g/mol. The molecule has 0 spiro atoms. The lowest BCUT2D eigenvalue weighted by atomic mass is 10.2. The van der Waals surface area contributed by atoms with Crippen LogP contribution in [0.25, 0.3) is 10.2 Å². The van der Waals surface area contributed by atoms with Crippen LogP contribution in [0.15, 0.2) is 35.4 Å². The van der Waals surface area contributed by atoms with Gasteiger partial charge < -0.3 is 15.0 Å². The Balaban J connectivity index is 1.61. The topological polar surface area (TPSA) is 93.5 Å². The highest BCUT2D eigenvalue weighted by Gasteiger charge is 2.22. The summed E-state index contributed by atoms with van der Waals surface area (Å²) < 4.78 is 6.57. The van der Waals surface area contributed by atoms with Gasteiger partial charge in [-0.05, 0) is 31.0 Å². The fourth-order valence-electron chi connectivity index (χ4n) is 3.44. The third-order valence-corrected chi connectivity index (χ3v) is 6.38. The Labute approximate surface area is 177 Å². The minimum atomic E-state index is -0.315. The molecule has 3 heterocycles. The molecule has 156 valence electrons. The first-order chi connectivity index (χ1) is 14.5. The number of nitrogens with zero attached hydrogens (tertiary/aromatic N) is 3. The molecule has 2 aromatic heterocycles. The second-order valence-corrected chi connectivity index (χ2v) is 8.18. The van der Waals surface area contributed by atoms with Gasteiger partial charge in [-0.15, -0.1) is 11.3 Å². The van der Waals surface area contributed by atoms with E-state index in [1.165, 1.54) is 22.2 Å². The zero-order valence-corrected chi connectivity index (χ0v) is 17.6. The Kier molecular flexibility index (Phi) is 5.65. The van der Waals surface area contributed by atoms with Gasteiger partial charge in [-0.25, -0.2) is 4.98 Å². The van der Waals surface area contributed by atoms with Gasteiger partial charge in [-0.1, -0.05) is 18.2 Å². The number of nitrogens with one attached hydrogen (secondary N) is 1. The standard InChI is InChI=1S/C21H22N4O4S/c1-13-5-3-4-6-15(13)23-19(27)18-14(2)17-20(30-18)22-12-25(21(17)28)11-16(26)24-7-9-29-10-8-24/h3-6,12H,7-11H2,1-2H3,(H,23,27). The number of anilines is 1. The highest BCUT2D eigenvalue weighted by molar-refractivity contribution is 7.20.